The van der Waals surface area contributed by atoms with Gasteiger partial charge in [0.1, 0.15) is 0 Å². The Bertz CT molecular complexity index is 140. The first kappa shape index (κ1) is 23.2. The molecular formula is C18H39NaO. The average Bonchev–Trinajstić information content (AvgIpc) is 2.43. The average molecular weight is 294 g/mol. The van der Waals surface area contributed by atoms with Crippen LogP contribution in [0.25, 0.3) is 0 Å². The summed E-state index contributed by atoms with van der Waals surface area (Å²) in [4.78, 5) is 0. The van der Waals surface area contributed by atoms with Crippen LogP contribution < -0.4 is 29.6 Å². The summed E-state index contributed by atoms with van der Waals surface area (Å²) in [7, 11) is 0. The molecule has 2 heteroatoms. The van der Waals surface area contributed by atoms with Crippen molar-refractivity contribution in [1.29, 1.82) is 0 Å². The topological polar surface area (TPSA) is 9.23 Å². The van der Waals surface area contributed by atoms with Gasteiger partial charge in [0.15, 0.2) is 0 Å². The minimum Gasteiger partial charge on any atom is -1.00 e. The van der Waals surface area contributed by atoms with Crippen LogP contribution in [0.5, 0.6) is 0 Å². The van der Waals surface area contributed by atoms with E-state index < -0.39 is 0 Å². The van der Waals surface area contributed by atoms with Crippen molar-refractivity contribution in [2.75, 3.05) is 13.2 Å². The fraction of sp³-hybridized carbons (Fsp3) is 1.00. The summed E-state index contributed by atoms with van der Waals surface area (Å²) in [6, 6.07) is 0. The molecule has 0 radical (unpaired) electrons. The van der Waals surface area contributed by atoms with Crippen LogP contribution in [0.4, 0.5) is 0 Å². The van der Waals surface area contributed by atoms with Crippen molar-refractivity contribution in [2.45, 2.75) is 104 Å². The second kappa shape index (κ2) is 22.2. The van der Waals surface area contributed by atoms with Gasteiger partial charge in [-0.3, -0.25) is 0 Å². The number of hydrogen-bond donors (Lipinski definition) is 0. The summed E-state index contributed by atoms with van der Waals surface area (Å²) in [6.45, 7) is 6.53. The van der Waals surface area contributed by atoms with Gasteiger partial charge in [-0.15, -0.1) is 0 Å². The molecule has 0 amide bonds. The SMILES string of the molecule is CCCCCCCCCOCCCCCCCCC.[H-].[Na+]. The monoisotopic (exact) mass is 294 g/mol. The Labute approximate surface area is 152 Å². The Morgan fingerprint density at radius 1 is 0.500 bits per heavy atom. The Morgan fingerprint density at radius 3 is 1.15 bits per heavy atom. The minimum atomic E-state index is 0. The molecule has 0 rings (SSSR count). The molecule has 118 valence electrons. The van der Waals surface area contributed by atoms with Crippen LogP contribution in [0, 0.1) is 0 Å². The molecule has 0 aliphatic rings. The van der Waals surface area contributed by atoms with Crippen LogP contribution in [0.2, 0.25) is 0 Å². The number of rotatable bonds is 16. The van der Waals surface area contributed by atoms with Crippen molar-refractivity contribution < 1.29 is 35.7 Å². The second-order valence-electron chi connectivity index (χ2n) is 5.86. The minimum absolute atomic E-state index is 0. The largest absolute Gasteiger partial charge is 1.00 e. The molecule has 0 aliphatic heterocycles. The second-order valence-corrected chi connectivity index (χ2v) is 5.86. The van der Waals surface area contributed by atoms with E-state index in [-0.39, 0.29) is 31.0 Å². The van der Waals surface area contributed by atoms with Gasteiger partial charge in [-0.2, -0.15) is 0 Å². The van der Waals surface area contributed by atoms with Gasteiger partial charge in [-0.1, -0.05) is 90.9 Å². The Morgan fingerprint density at radius 2 is 0.800 bits per heavy atom. The van der Waals surface area contributed by atoms with Crippen molar-refractivity contribution in [3.63, 3.8) is 0 Å². The van der Waals surface area contributed by atoms with Gasteiger partial charge in [0.2, 0.25) is 0 Å². The van der Waals surface area contributed by atoms with Gasteiger partial charge in [0, 0.05) is 13.2 Å². The van der Waals surface area contributed by atoms with E-state index in [0.717, 1.165) is 13.2 Å². The normalized spacial score (nSPS) is 10.5. The molecule has 1 nitrogen and oxygen atoms in total. The van der Waals surface area contributed by atoms with Crippen molar-refractivity contribution in [1.82, 2.24) is 0 Å². The molecule has 0 heterocycles. The first-order valence-electron chi connectivity index (χ1n) is 8.99. The van der Waals surface area contributed by atoms with Gasteiger partial charge < -0.3 is 6.16 Å². The van der Waals surface area contributed by atoms with Gasteiger partial charge in [0.05, 0.1) is 0 Å². The Kier molecular flexibility index (Phi) is 25.8. The number of ether oxygens (including phenoxy) is 1. The summed E-state index contributed by atoms with van der Waals surface area (Å²) >= 11 is 0. The zero-order valence-corrected chi connectivity index (χ0v) is 16.7. The quantitative estimate of drug-likeness (QED) is 0.312. The van der Waals surface area contributed by atoms with Crippen LogP contribution in [0.15, 0.2) is 0 Å². The molecule has 0 aromatic carbocycles. The van der Waals surface area contributed by atoms with E-state index in [1.165, 1.54) is 89.9 Å². The van der Waals surface area contributed by atoms with E-state index in [1.807, 2.05) is 0 Å². The van der Waals surface area contributed by atoms with Crippen molar-refractivity contribution in [3.05, 3.63) is 0 Å². The molecule has 0 aliphatic carbocycles. The molecule has 0 N–H and O–H groups in total. The summed E-state index contributed by atoms with van der Waals surface area (Å²) in [5, 5.41) is 0. The van der Waals surface area contributed by atoms with Crippen LogP contribution in [0.3, 0.4) is 0 Å². The van der Waals surface area contributed by atoms with Crippen LogP contribution in [0.1, 0.15) is 105 Å². The van der Waals surface area contributed by atoms with Crippen LogP contribution >= 0.6 is 0 Å². The maximum Gasteiger partial charge on any atom is 1.00 e. The fourth-order valence-electron chi connectivity index (χ4n) is 2.42. The van der Waals surface area contributed by atoms with Gasteiger partial charge in [-0.25, -0.2) is 0 Å². The number of unbranched alkanes of at least 4 members (excludes halogenated alkanes) is 12. The summed E-state index contributed by atoms with van der Waals surface area (Å²) < 4.78 is 5.69. The third-order valence-electron chi connectivity index (χ3n) is 3.78. The predicted octanol–water partition coefficient (Wildman–Crippen LogP) is 3.62. The molecule has 0 unspecified atom stereocenters. The summed E-state index contributed by atoms with van der Waals surface area (Å²) in [5.74, 6) is 0. The Hall–Kier alpha value is 0.960. The molecule has 0 spiro atoms. The van der Waals surface area contributed by atoms with E-state index in [1.54, 1.807) is 0 Å². The van der Waals surface area contributed by atoms with Gasteiger partial charge in [0.25, 0.3) is 0 Å². The van der Waals surface area contributed by atoms with Crippen LogP contribution in [-0.4, -0.2) is 13.2 Å². The van der Waals surface area contributed by atoms with E-state index in [2.05, 4.69) is 13.8 Å². The molecule has 0 aromatic rings. The van der Waals surface area contributed by atoms with Crippen molar-refractivity contribution in [3.8, 4) is 0 Å². The number of hydrogen-bond acceptors (Lipinski definition) is 1. The van der Waals surface area contributed by atoms with Crippen LogP contribution in [-0.2, 0) is 4.74 Å². The molecule has 0 fully saturated rings. The van der Waals surface area contributed by atoms with Crippen molar-refractivity contribution >= 4 is 0 Å². The molecular weight excluding hydrogens is 255 g/mol. The predicted molar refractivity (Wildman–Crippen MR) is 87.9 cm³/mol. The molecule has 0 atom stereocenters. The third-order valence-corrected chi connectivity index (χ3v) is 3.78. The standard InChI is InChI=1S/C18H38O.Na.H/c1-3-5-7-9-11-13-15-17-19-18-16-14-12-10-8-6-4-2;;/h3-18H2,1-2H3;;/q;+1;-1. The maximum atomic E-state index is 5.69. The zero-order chi connectivity index (χ0) is 14.0. The molecule has 20 heavy (non-hydrogen) atoms. The maximum absolute atomic E-state index is 5.69. The molecule has 0 bridgehead atoms. The van der Waals surface area contributed by atoms with E-state index in [0.29, 0.717) is 0 Å². The third kappa shape index (κ3) is 21.3. The summed E-state index contributed by atoms with van der Waals surface area (Å²) in [6.07, 6.45) is 19.3. The first-order valence-corrected chi connectivity index (χ1v) is 8.99. The fourth-order valence-corrected chi connectivity index (χ4v) is 2.42. The molecule has 0 saturated carbocycles. The molecule has 0 aromatic heterocycles. The smallest absolute Gasteiger partial charge is 1.00 e. The van der Waals surface area contributed by atoms with Crippen molar-refractivity contribution in [2.24, 2.45) is 0 Å². The molecule has 0 saturated heterocycles. The Balaban J connectivity index is -0.00000162. The van der Waals surface area contributed by atoms with E-state index >= 15 is 0 Å². The zero-order valence-electron chi connectivity index (χ0n) is 15.7. The van der Waals surface area contributed by atoms with E-state index in [9.17, 15) is 0 Å². The first-order chi connectivity index (χ1) is 9.41. The van der Waals surface area contributed by atoms with Gasteiger partial charge in [-0.05, 0) is 12.8 Å². The van der Waals surface area contributed by atoms with E-state index in [4.69, 9.17) is 4.74 Å². The van der Waals surface area contributed by atoms with Gasteiger partial charge >= 0.3 is 29.6 Å². The summed E-state index contributed by atoms with van der Waals surface area (Å²) in [5.41, 5.74) is 0.